The number of nitrogens with one attached hydrogen (secondary N) is 1. The molecule has 0 saturated carbocycles. The molecule has 0 unspecified atom stereocenters. The van der Waals surface area contributed by atoms with Crippen LogP contribution in [0.25, 0.3) is 11.1 Å². The Morgan fingerprint density at radius 3 is 2.41 bits per heavy atom. The van der Waals surface area contributed by atoms with Gasteiger partial charge in [0.1, 0.15) is 10.6 Å². The third-order valence-corrected chi connectivity index (χ3v) is 8.98. The molecule has 0 atom stereocenters. The van der Waals surface area contributed by atoms with E-state index in [1.807, 2.05) is 36.6 Å². The highest BCUT2D eigenvalue weighted by molar-refractivity contribution is 7.15. The minimum atomic E-state index is -0.783. The average molecular weight is 574 g/mol. The number of ether oxygens (including phenoxy) is 1. The second-order valence-electron chi connectivity index (χ2n) is 11.5. The molecule has 4 amide bonds. The van der Waals surface area contributed by atoms with E-state index in [0.29, 0.717) is 16.8 Å². The number of thiophene rings is 1. The van der Waals surface area contributed by atoms with Crippen molar-refractivity contribution in [3.8, 4) is 5.00 Å². The molecule has 1 aliphatic heterocycles. The van der Waals surface area contributed by atoms with Crippen LogP contribution >= 0.6 is 11.3 Å². The lowest BCUT2D eigenvalue weighted by Crippen LogP contribution is -2.54. The van der Waals surface area contributed by atoms with Crippen LogP contribution in [0.1, 0.15) is 83.8 Å². The van der Waals surface area contributed by atoms with E-state index in [1.54, 1.807) is 30.4 Å². The number of benzene rings is 1. The number of aryl methyl sites for hydroxylation is 2. The normalized spacial score (nSPS) is 16.7. The number of carbonyl (C=O) groups is 4. The van der Waals surface area contributed by atoms with Crippen LogP contribution in [0.4, 0.5) is 10.5 Å². The van der Waals surface area contributed by atoms with Crippen LogP contribution in [0.2, 0.25) is 0 Å². The van der Waals surface area contributed by atoms with Gasteiger partial charge in [-0.2, -0.15) is 0 Å². The number of aromatic nitrogens is 1. The van der Waals surface area contributed by atoms with E-state index in [2.05, 4.69) is 26.1 Å². The number of fused-ring (bicyclic) bond motifs is 1. The van der Waals surface area contributed by atoms with Crippen LogP contribution in [0.15, 0.2) is 35.9 Å². The number of urea groups is 1. The van der Waals surface area contributed by atoms with Crippen molar-refractivity contribution in [1.29, 1.82) is 0 Å². The molecule has 1 aliphatic carbocycles. The summed E-state index contributed by atoms with van der Waals surface area (Å²) in [5.74, 6) is -1.76. The number of amides is 4. The van der Waals surface area contributed by atoms with Gasteiger partial charge in [0, 0.05) is 16.3 Å². The molecule has 3 aromatic rings. The highest BCUT2D eigenvalue weighted by atomic mass is 32.1. The van der Waals surface area contributed by atoms with Crippen molar-refractivity contribution in [3.63, 3.8) is 0 Å². The minimum Gasteiger partial charge on any atom is -0.462 e. The van der Waals surface area contributed by atoms with Gasteiger partial charge in [-0.25, -0.2) is 14.5 Å². The van der Waals surface area contributed by atoms with Gasteiger partial charge in [0.25, 0.3) is 11.8 Å². The smallest absolute Gasteiger partial charge is 0.341 e. The fourth-order valence-corrected chi connectivity index (χ4v) is 7.01. The Morgan fingerprint density at radius 2 is 1.76 bits per heavy atom. The van der Waals surface area contributed by atoms with E-state index in [0.717, 1.165) is 58.1 Å². The van der Waals surface area contributed by atoms with Gasteiger partial charge in [0.15, 0.2) is 0 Å². The predicted octanol–water partition coefficient (Wildman–Crippen LogP) is 6.18. The van der Waals surface area contributed by atoms with Gasteiger partial charge in [-0.05, 0) is 92.8 Å². The number of anilines is 1. The zero-order chi connectivity index (χ0) is 29.6. The number of rotatable bonds is 5. The maximum absolute atomic E-state index is 13.6. The fourth-order valence-electron chi connectivity index (χ4n) is 5.53. The Hall–Kier alpha value is -3.98. The number of hydrogen-bond acceptors (Lipinski definition) is 6. The molecular weight excluding hydrogens is 538 g/mol. The lowest BCUT2D eigenvalue weighted by atomic mass is 9.87. The molecule has 2 aromatic heterocycles. The van der Waals surface area contributed by atoms with Crippen molar-refractivity contribution in [2.75, 3.05) is 11.5 Å². The van der Waals surface area contributed by atoms with Gasteiger partial charge in [-0.1, -0.05) is 32.9 Å². The van der Waals surface area contributed by atoms with Crippen LogP contribution < -0.4 is 10.2 Å². The molecule has 2 aliphatic rings. The largest absolute Gasteiger partial charge is 0.462 e. The number of imide groups is 2. The Labute approximate surface area is 244 Å². The molecule has 214 valence electrons. The van der Waals surface area contributed by atoms with E-state index in [9.17, 15) is 19.2 Å². The zero-order valence-electron chi connectivity index (χ0n) is 24.3. The van der Waals surface area contributed by atoms with Gasteiger partial charge in [0.2, 0.25) is 0 Å². The number of esters is 1. The number of barbiturate groups is 1. The molecule has 41 heavy (non-hydrogen) atoms. The standard InChI is InChI=1S/C32H35N3O5S/c1-7-40-30(38)26-23-10-8-9-11-25(23)41-29(26)34-18(2)16-20(19(34)3)17-24-27(36)33-31(39)35(28(24)37)22-14-12-21(13-15-22)32(4,5)6/h12-17H,7-11H2,1-6H3,(H,33,36,39)/b24-17+. The van der Waals surface area contributed by atoms with E-state index < -0.39 is 17.8 Å². The SMILES string of the molecule is CCOC(=O)c1c(-n2c(C)cc(/C=C3\C(=O)NC(=O)N(c4ccc(C(C)(C)C)cc4)C3=O)c2C)sc2c1CCCC2. The van der Waals surface area contributed by atoms with Crippen LogP contribution in [0.3, 0.4) is 0 Å². The highest BCUT2D eigenvalue weighted by Crippen LogP contribution is 2.39. The summed E-state index contributed by atoms with van der Waals surface area (Å²) in [7, 11) is 0. The Bertz CT molecular complexity index is 1600. The second-order valence-corrected chi connectivity index (χ2v) is 12.6. The molecule has 5 rings (SSSR count). The summed E-state index contributed by atoms with van der Waals surface area (Å²) in [6, 6.07) is 8.29. The van der Waals surface area contributed by atoms with Crippen LogP contribution in [-0.2, 0) is 32.6 Å². The van der Waals surface area contributed by atoms with Crippen molar-refractivity contribution in [1.82, 2.24) is 9.88 Å². The first-order valence-corrected chi connectivity index (χ1v) is 14.8. The third kappa shape index (κ3) is 5.14. The molecular formula is C32H35N3O5S. The molecule has 0 spiro atoms. The molecule has 1 aromatic carbocycles. The van der Waals surface area contributed by atoms with Crippen LogP contribution in [0, 0.1) is 13.8 Å². The van der Waals surface area contributed by atoms with Gasteiger partial charge in [0.05, 0.1) is 17.9 Å². The molecule has 3 heterocycles. The molecule has 0 radical (unpaired) electrons. The first kappa shape index (κ1) is 28.5. The maximum atomic E-state index is 13.6. The second kappa shape index (κ2) is 10.8. The van der Waals surface area contributed by atoms with E-state index >= 15 is 0 Å². The highest BCUT2D eigenvalue weighted by Gasteiger charge is 2.37. The average Bonchev–Trinajstić information content (AvgIpc) is 3.42. The number of hydrogen-bond donors (Lipinski definition) is 1. The van der Waals surface area contributed by atoms with Gasteiger partial charge < -0.3 is 9.30 Å². The molecule has 9 heteroatoms. The maximum Gasteiger partial charge on any atom is 0.341 e. The predicted molar refractivity (Wildman–Crippen MR) is 160 cm³/mol. The van der Waals surface area contributed by atoms with Crippen molar-refractivity contribution < 1.29 is 23.9 Å². The van der Waals surface area contributed by atoms with E-state index in [1.165, 1.54) is 11.0 Å². The molecule has 0 bridgehead atoms. The monoisotopic (exact) mass is 573 g/mol. The van der Waals surface area contributed by atoms with Crippen molar-refractivity contribution >= 4 is 46.9 Å². The first-order valence-electron chi connectivity index (χ1n) is 13.9. The summed E-state index contributed by atoms with van der Waals surface area (Å²) in [4.78, 5) is 54.5. The van der Waals surface area contributed by atoms with Crippen LogP contribution in [0.5, 0.6) is 0 Å². The molecule has 1 saturated heterocycles. The summed E-state index contributed by atoms with van der Waals surface area (Å²) in [5, 5.41) is 3.11. The minimum absolute atomic E-state index is 0.0920. The summed E-state index contributed by atoms with van der Waals surface area (Å²) in [5.41, 5.74) is 5.16. The Kier molecular flexibility index (Phi) is 7.50. The van der Waals surface area contributed by atoms with Crippen LogP contribution in [-0.4, -0.2) is 35.0 Å². The fraction of sp³-hybridized carbons (Fsp3) is 0.375. The molecule has 1 fully saturated rings. The molecule has 1 N–H and O–H groups in total. The summed E-state index contributed by atoms with van der Waals surface area (Å²) >= 11 is 1.60. The zero-order valence-corrected chi connectivity index (χ0v) is 25.2. The van der Waals surface area contributed by atoms with Gasteiger partial charge >= 0.3 is 12.0 Å². The summed E-state index contributed by atoms with van der Waals surface area (Å²) in [6.45, 7) is 12.2. The summed E-state index contributed by atoms with van der Waals surface area (Å²) < 4.78 is 7.45. The van der Waals surface area contributed by atoms with E-state index in [4.69, 9.17) is 4.74 Å². The Balaban J connectivity index is 1.55. The van der Waals surface area contributed by atoms with Gasteiger partial charge in [-0.3, -0.25) is 14.9 Å². The van der Waals surface area contributed by atoms with Gasteiger partial charge in [-0.15, -0.1) is 11.3 Å². The summed E-state index contributed by atoms with van der Waals surface area (Å²) in [6.07, 6.45) is 5.41. The molecule has 8 nitrogen and oxygen atoms in total. The first-order chi connectivity index (χ1) is 19.4. The topological polar surface area (TPSA) is 97.7 Å². The third-order valence-electron chi connectivity index (χ3n) is 7.70. The van der Waals surface area contributed by atoms with Crippen molar-refractivity contribution in [2.45, 2.75) is 72.6 Å². The number of carbonyl (C=O) groups excluding carboxylic acids is 4. The lowest BCUT2D eigenvalue weighted by molar-refractivity contribution is -0.122. The van der Waals surface area contributed by atoms with E-state index in [-0.39, 0.29) is 23.6 Å². The lowest BCUT2D eigenvalue weighted by Gasteiger charge is -2.27. The Morgan fingerprint density at radius 1 is 1.07 bits per heavy atom. The quantitative estimate of drug-likeness (QED) is 0.224. The number of nitrogens with zero attached hydrogens (tertiary/aromatic N) is 2. The van der Waals surface area contributed by atoms with Crippen molar-refractivity contribution in [3.05, 3.63) is 74.4 Å². The van der Waals surface area contributed by atoms with Crippen molar-refractivity contribution in [2.24, 2.45) is 0 Å².